The Morgan fingerprint density at radius 1 is 0.333 bits per heavy atom. The molecule has 18 heteroatoms. The molecular formula is C66H124F4N4O10. The minimum atomic E-state index is -1.84. The number of rotatable bonds is 58. The minimum Gasteiger partial charge on any atom is -0.479 e. The molecule has 6 unspecified atom stereocenters. The first-order chi connectivity index (χ1) is 40.3. The first kappa shape index (κ1) is 82.5. The molecule has 0 saturated heterocycles. The van der Waals surface area contributed by atoms with Gasteiger partial charge >= 0.3 is 23.9 Å². The summed E-state index contributed by atoms with van der Waals surface area (Å²) < 4.78 is 64.3. The standard InChI is InChI=1S/C35H66F2N2O5.C31H58F2N2O5/c1-6-9-10-11-12-13-17-23-30(24-18-14-15-19-25-31(36)34(41)43-7-2)39(33(40)27-22-28-38(4)5)29-21-16-20-26-32(37)35(42)44-8-3;1-4-5-6-7-8-9-13-19-26(20-14-10-11-15-21-27(32)30(37)38)35(29(36)23-18-24-34(2)3)25-17-12-16-22-28(33)31(39)40/h30-32H,6-29H2,1-5H3;26-28H,4-25H2,1-3H3,(H,37,38)(H,39,40). The molecule has 0 saturated carbocycles. The lowest BCUT2D eigenvalue weighted by atomic mass is 9.97. The largest absolute Gasteiger partial charge is 0.479 e. The Morgan fingerprint density at radius 2 is 0.583 bits per heavy atom. The Bertz CT molecular complexity index is 1620. The number of carbonyl (C=O) groups excluding carboxylic acids is 4. The van der Waals surface area contributed by atoms with Crippen LogP contribution in [0.2, 0.25) is 0 Å². The summed E-state index contributed by atoms with van der Waals surface area (Å²) in [6.07, 6.45) is 27.1. The van der Waals surface area contributed by atoms with Gasteiger partial charge in [-0.05, 0) is 158 Å². The van der Waals surface area contributed by atoms with Crippen molar-refractivity contribution in [1.82, 2.24) is 19.6 Å². The monoisotopic (exact) mass is 1210 g/mol. The molecule has 496 valence electrons. The van der Waals surface area contributed by atoms with Gasteiger partial charge in [0.25, 0.3) is 0 Å². The number of esters is 2. The molecule has 0 aliphatic rings. The summed E-state index contributed by atoms with van der Waals surface area (Å²) in [4.78, 5) is 79.8. The zero-order chi connectivity index (χ0) is 63.2. The van der Waals surface area contributed by atoms with E-state index >= 15 is 0 Å². The lowest BCUT2D eigenvalue weighted by Crippen LogP contribution is -2.41. The van der Waals surface area contributed by atoms with Gasteiger partial charge < -0.3 is 39.3 Å². The molecule has 6 atom stereocenters. The number of alkyl halides is 4. The number of hydrogen-bond acceptors (Lipinski definition) is 10. The van der Waals surface area contributed by atoms with E-state index in [2.05, 4.69) is 28.5 Å². The van der Waals surface area contributed by atoms with Crippen LogP contribution in [0.25, 0.3) is 0 Å². The highest BCUT2D eigenvalue weighted by molar-refractivity contribution is 5.77. The van der Waals surface area contributed by atoms with Crippen LogP contribution in [0.4, 0.5) is 17.6 Å². The van der Waals surface area contributed by atoms with Gasteiger partial charge in [0.1, 0.15) is 0 Å². The number of carboxylic acids is 2. The Morgan fingerprint density at radius 3 is 0.845 bits per heavy atom. The minimum absolute atomic E-state index is 0.00477. The summed E-state index contributed by atoms with van der Waals surface area (Å²) in [6.45, 7) is 11.1. The molecule has 14 nitrogen and oxygen atoms in total. The van der Waals surface area contributed by atoms with Crippen LogP contribution >= 0.6 is 0 Å². The van der Waals surface area contributed by atoms with E-state index in [-0.39, 0.29) is 62.8 Å². The molecule has 0 aliphatic carbocycles. The van der Waals surface area contributed by atoms with Crippen LogP contribution in [0.1, 0.15) is 285 Å². The maximum atomic E-state index is 14.1. The van der Waals surface area contributed by atoms with Crippen molar-refractivity contribution in [1.29, 1.82) is 0 Å². The van der Waals surface area contributed by atoms with Gasteiger partial charge in [0.2, 0.25) is 11.8 Å². The van der Waals surface area contributed by atoms with E-state index in [9.17, 15) is 46.3 Å². The number of ether oxygens (including phenoxy) is 2. The van der Waals surface area contributed by atoms with Gasteiger partial charge in [-0.15, -0.1) is 0 Å². The predicted octanol–water partition coefficient (Wildman–Crippen LogP) is 15.8. The van der Waals surface area contributed by atoms with Crippen molar-refractivity contribution >= 4 is 35.7 Å². The van der Waals surface area contributed by atoms with Crippen molar-refractivity contribution in [3.05, 3.63) is 0 Å². The van der Waals surface area contributed by atoms with Crippen LogP contribution in [0, 0.1) is 0 Å². The summed E-state index contributed by atoms with van der Waals surface area (Å²) in [5, 5.41) is 17.5. The lowest BCUT2D eigenvalue weighted by molar-refractivity contribution is -0.150. The van der Waals surface area contributed by atoms with Crippen molar-refractivity contribution in [2.45, 2.75) is 321 Å². The van der Waals surface area contributed by atoms with Gasteiger partial charge in [-0.25, -0.2) is 36.7 Å². The molecule has 0 bridgehead atoms. The summed E-state index contributed by atoms with van der Waals surface area (Å²) >= 11 is 0. The second-order valence-corrected chi connectivity index (χ2v) is 23.8. The van der Waals surface area contributed by atoms with Crippen LogP contribution in [0.5, 0.6) is 0 Å². The number of nitrogens with zero attached hydrogens (tertiary/aromatic N) is 4. The second-order valence-electron chi connectivity index (χ2n) is 23.8. The van der Waals surface area contributed by atoms with Crippen LogP contribution in [-0.2, 0) is 38.2 Å². The lowest BCUT2D eigenvalue weighted by Gasteiger charge is -2.33. The number of amides is 2. The number of aliphatic carboxylic acids is 2. The van der Waals surface area contributed by atoms with Gasteiger partial charge in [-0.2, -0.15) is 0 Å². The predicted molar refractivity (Wildman–Crippen MR) is 332 cm³/mol. The fraction of sp³-hybridized carbons (Fsp3) is 0.909. The quantitative estimate of drug-likeness (QED) is 0.0336. The second kappa shape index (κ2) is 57.2. The third-order valence-corrected chi connectivity index (χ3v) is 15.6. The average Bonchev–Trinajstić information content (AvgIpc) is 3.54. The molecule has 0 heterocycles. The molecule has 0 aromatic rings. The number of halogens is 4. The third kappa shape index (κ3) is 48.6. The molecule has 0 aliphatic heterocycles. The highest BCUT2D eigenvalue weighted by Crippen LogP contribution is 2.24. The molecule has 0 radical (unpaired) electrons. The van der Waals surface area contributed by atoms with Crippen molar-refractivity contribution in [2.75, 3.05) is 67.6 Å². The molecule has 0 aromatic heterocycles. The van der Waals surface area contributed by atoms with Crippen LogP contribution in [-0.4, -0.2) is 170 Å². The van der Waals surface area contributed by atoms with E-state index < -0.39 is 48.6 Å². The Kier molecular flexibility index (Phi) is 56.2. The van der Waals surface area contributed by atoms with E-state index in [0.717, 1.165) is 122 Å². The van der Waals surface area contributed by atoms with Crippen molar-refractivity contribution in [3.63, 3.8) is 0 Å². The highest BCUT2D eigenvalue weighted by atomic mass is 19.1. The van der Waals surface area contributed by atoms with Gasteiger partial charge in [0, 0.05) is 38.0 Å². The van der Waals surface area contributed by atoms with Crippen molar-refractivity contribution in [2.24, 2.45) is 0 Å². The third-order valence-electron chi connectivity index (χ3n) is 15.6. The van der Waals surface area contributed by atoms with Gasteiger partial charge in [-0.1, -0.05) is 155 Å². The van der Waals surface area contributed by atoms with Crippen LogP contribution in [0.15, 0.2) is 0 Å². The average molecular weight is 1210 g/mol. The Hall–Kier alpha value is -3.54. The van der Waals surface area contributed by atoms with Crippen LogP contribution in [0.3, 0.4) is 0 Å². The Labute approximate surface area is 508 Å². The maximum Gasteiger partial charge on any atom is 0.340 e. The summed E-state index contributed by atoms with van der Waals surface area (Å²) in [7, 11) is 8.00. The summed E-state index contributed by atoms with van der Waals surface area (Å²) in [5.74, 6) is -4.05. The zero-order valence-electron chi connectivity index (χ0n) is 54.5. The highest BCUT2D eigenvalue weighted by Gasteiger charge is 2.26. The van der Waals surface area contributed by atoms with Crippen LogP contribution < -0.4 is 0 Å². The summed E-state index contributed by atoms with van der Waals surface area (Å²) in [5.41, 5.74) is 0. The van der Waals surface area contributed by atoms with E-state index in [0.29, 0.717) is 64.5 Å². The van der Waals surface area contributed by atoms with Crippen molar-refractivity contribution in [3.8, 4) is 0 Å². The molecule has 2 amide bonds. The normalized spacial score (nSPS) is 13.6. The smallest absolute Gasteiger partial charge is 0.340 e. The number of carbonyl (C=O) groups is 6. The number of carboxylic acid groups (broad SMARTS) is 2. The molecule has 0 spiro atoms. The first-order valence-electron chi connectivity index (χ1n) is 33.5. The Balaban J connectivity index is 0. The molecular weight excluding hydrogens is 1080 g/mol. The SMILES string of the molecule is CCCCCCCCCC(CCCCCCC(F)C(=O)O)N(CCCCCC(F)C(=O)O)C(=O)CCCN(C)C.CCCCCCCCCC(CCCCCCC(F)C(=O)OCC)N(CCCCCC(F)C(=O)OCC)C(=O)CCCN(C)C. The van der Waals surface area contributed by atoms with E-state index in [4.69, 9.17) is 19.7 Å². The number of unbranched alkanes of at least 4 members (excludes halogenated alkanes) is 22. The van der Waals surface area contributed by atoms with E-state index in [1.807, 2.05) is 33.1 Å². The topological polar surface area (TPSA) is 174 Å². The molecule has 2 N–H and O–H groups in total. The van der Waals surface area contributed by atoms with E-state index in [1.54, 1.807) is 13.8 Å². The fourth-order valence-corrected chi connectivity index (χ4v) is 10.6. The molecule has 0 fully saturated rings. The first-order valence-corrected chi connectivity index (χ1v) is 33.5. The molecule has 0 rings (SSSR count). The fourth-order valence-electron chi connectivity index (χ4n) is 10.6. The number of hydrogen-bond donors (Lipinski definition) is 2. The van der Waals surface area contributed by atoms with Crippen molar-refractivity contribution < 1.29 is 66.0 Å². The van der Waals surface area contributed by atoms with Gasteiger partial charge in [0.05, 0.1) is 13.2 Å². The molecule has 84 heavy (non-hydrogen) atoms. The molecule has 0 aromatic carbocycles. The maximum absolute atomic E-state index is 14.1. The van der Waals surface area contributed by atoms with E-state index in [1.165, 1.54) is 70.6 Å². The van der Waals surface area contributed by atoms with Gasteiger partial charge in [0.15, 0.2) is 24.7 Å². The zero-order valence-corrected chi connectivity index (χ0v) is 54.5. The summed E-state index contributed by atoms with van der Waals surface area (Å²) in [6, 6.07) is 0.266. The van der Waals surface area contributed by atoms with Gasteiger partial charge in [-0.3, -0.25) is 9.59 Å².